The molecule has 1 N–H and O–H groups in total. The van der Waals surface area contributed by atoms with E-state index in [0.29, 0.717) is 29.9 Å². The first kappa shape index (κ1) is 15.0. The summed E-state index contributed by atoms with van der Waals surface area (Å²) in [6, 6.07) is 0. The average molecular weight is 298 g/mol. The largest absolute Gasteiger partial charge is 0.391 e. The van der Waals surface area contributed by atoms with E-state index in [4.69, 9.17) is 4.74 Å². The van der Waals surface area contributed by atoms with Crippen molar-refractivity contribution in [2.24, 2.45) is 0 Å². The Hall–Kier alpha value is -1.44. The first-order chi connectivity index (χ1) is 9.56. The van der Waals surface area contributed by atoms with E-state index < -0.39 is 0 Å². The maximum Gasteiger partial charge on any atom is 0.332 e. The van der Waals surface area contributed by atoms with Gasteiger partial charge in [-0.2, -0.15) is 0 Å². The second-order valence-corrected chi connectivity index (χ2v) is 5.55. The highest BCUT2D eigenvalue weighted by Crippen LogP contribution is 2.27. The Bertz CT molecular complexity index is 741. The van der Waals surface area contributed by atoms with E-state index in [0.717, 1.165) is 10.4 Å². The third-order valence-corrected chi connectivity index (χ3v) is 4.67. The van der Waals surface area contributed by atoms with Gasteiger partial charge >= 0.3 is 5.69 Å². The third kappa shape index (κ3) is 2.21. The van der Waals surface area contributed by atoms with Gasteiger partial charge in [0, 0.05) is 18.5 Å². The number of methoxy groups -OCH3 is 1. The molecule has 6 nitrogen and oxygen atoms in total. The molecule has 0 aliphatic carbocycles. The standard InChI is InChI=1S/C13H18N2O4S/c1-4-14-11(17)10-8(2)9(7-16)20-12(10)15(13(14)18)5-6-19-3/h16H,4-7H2,1-3H3. The van der Waals surface area contributed by atoms with Crippen molar-refractivity contribution in [1.29, 1.82) is 0 Å². The molecule has 2 heterocycles. The number of rotatable bonds is 5. The fourth-order valence-electron chi connectivity index (χ4n) is 2.25. The van der Waals surface area contributed by atoms with Crippen molar-refractivity contribution in [2.45, 2.75) is 33.5 Å². The molecule has 110 valence electrons. The molecule has 0 spiro atoms. The van der Waals surface area contributed by atoms with Gasteiger partial charge in [0.25, 0.3) is 5.56 Å². The van der Waals surface area contributed by atoms with Crippen LogP contribution in [0.5, 0.6) is 0 Å². The van der Waals surface area contributed by atoms with Gasteiger partial charge in [-0.15, -0.1) is 11.3 Å². The summed E-state index contributed by atoms with van der Waals surface area (Å²) in [6.07, 6.45) is 0. The zero-order valence-corrected chi connectivity index (χ0v) is 12.6. The van der Waals surface area contributed by atoms with E-state index in [1.54, 1.807) is 25.5 Å². The summed E-state index contributed by atoms with van der Waals surface area (Å²) in [7, 11) is 1.57. The molecule has 2 aromatic rings. The Morgan fingerprint density at radius 1 is 1.30 bits per heavy atom. The van der Waals surface area contributed by atoms with Crippen molar-refractivity contribution in [3.8, 4) is 0 Å². The molecule has 0 aromatic carbocycles. The lowest BCUT2D eigenvalue weighted by Gasteiger charge is -2.10. The lowest BCUT2D eigenvalue weighted by molar-refractivity contribution is 0.186. The first-order valence-electron chi connectivity index (χ1n) is 6.42. The van der Waals surface area contributed by atoms with Crippen LogP contribution in [0.25, 0.3) is 10.2 Å². The zero-order chi connectivity index (χ0) is 14.9. The van der Waals surface area contributed by atoms with E-state index in [2.05, 4.69) is 0 Å². The summed E-state index contributed by atoms with van der Waals surface area (Å²) in [6.45, 7) is 4.54. The van der Waals surface area contributed by atoms with Gasteiger partial charge in [-0.05, 0) is 19.4 Å². The van der Waals surface area contributed by atoms with E-state index in [1.165, 1.54) is 15.9 Å². The number of thiophene rings is 1. The molecule has 0 aliphatic rings. The predicted octanol–water partition coefficient (Wildman–Crippen LogP) is 0.692. The first-order valence-corrected chi connectivity index (χ1v) is 7.23. The average Bonchev–Trinajstić information content (AvgIpc) is 2.76. The van der Waals surface area contributed by atoms with Gasteiger partial charge in [-0.3, -0.25) is 13.9 Å². The fourth-order valence-corrected chi connectivity index (χ4v) is 3.43. The number of aromatic nitrogens is 2. The number of aryl methyl sites for hydroxylation is 1. The summed E-state index contributed by atoms with van der Waals surface area (Å²) in [4.78, 5) is 26.1. The van der Waals surface area contributed by atoms with E-state index >= 15 is 0 Å². The van der Waals surface area contributed by atoms with Crippen LogP contribution in [0.1, 0.15) is 17.4 Å². The molecule has 0 radical (unpaired) electrons. The van der Waals surface area contributed by atoms with Gasteiger partial charge in [0.05, 0.1) is 25.1 Å². The monoisotopic (exact) mass is 298 g/mol. The predicted molar refractivity (Wildman–Crippen MR) is 78.6 cm³/mol. The molecule has 2 aromatic heterocycles. The summed E-state index contributed by atoms with van der Waals surface area (Å²) >= 11 is 1.29. The van der Waals surface area contributed by atoms with Gasteiger partial charge in [0.1, 0.15) is 4.83 Å². The Morgan fingerprint density at radius 3 is 2.55 bits per heavy atom. The van der Waals surface area contributed by atoms with E-state index in [1.807, 2.05) is 0 Å². The summed E-state index contributed by atoms with van der Waals surface area (Å²) in [5.41, 5.74) is 0.147. The van der Waals surface area contributed by atoms with Crippen LogP contribution in [0.3, 0.4) is 0 Å². The molecule has 0 unspecified atom stereocenters. The highest BCUT2D eigenvalue weighted by Gasteiger charge is 2.18. The molecular weight excluding hydrogens is 280 g/mol. The van der Waals surface area contributed by atoms with Gasteiger partial charge in [-0.1, -0.05) is 0 Å². The van der Waals surface area contributed by atoms with Crippen LogP contribution in [0.2, 0.25) is 0 Å². The Kier molecular flexibility index (Phi) is 4.42. The Morgan fingerprint density at radius 2 is 2.00 bits per heavy atom. The molecule has 0 saturated heterocycles. The second kappa shape index (κ2) is 5.90. The SMILES string of the molecule is CCn1c(=O)c2c(C)c(CO)sc2n(CCOC)c1=O. The van der Waals surface area contributed by atoms with Crippen LogP contribution in [0.4, 0.5) is 0 Å². The third-order valence-electron chi connectivity index (χ3n) is 3.37. The number of hydrogen-bond acceptors (Lipinski definition) is 5. The molecule has 0 fully saturated rings. The molecule has 0 aliphatic heterocycles. The smallest absolute Gasteiger partial charge is 0.332 e. The van der Waals surface area contributed by atoms with Crippen LogP contribution >= 0.6 is 11.3 Å². The summed E-state index contributed by atoms with van der Waals surface area (Å²) in [5.74, 6) is 0. The maximum atomic E-state index is 12.4. The van der Waals surface area contributed by atoms with Crippen molar-refractivity contribution in [3.63, 3.8) is 0 Å². The van der Waals surface area contributed by atoms with E-state index in [-0.39, 0.29) is 17.9 Å². The van der Waals surface area contributed by atoms with Crippen molar-refractivity contribution < 1.29 is 9.84 Å². The van der Waals surface area contributed by atoms with Crippen molar-refractivity contribution in [2.75, 3.05) is 13.7 Å². The van der Waals surface area contributed by atoms with Crippen LogP contribution in [0.15, 0.2) is 9.59 Å². The molecule has 0 bridgehead atoms. The Balaban J connectivity index is 2.88. The van der Waals surface area contributed by atoms with E-state index in [9.17, 15) is 14.7 Å². The Labute approximate surface area is 119 Å². The number of aliphatic hydroxyl groups excluding tert-OH is 1. The van der Waals surface area contributed by atoms with Gasteiger partial charge in [-0.25, -0.2) is 4.79 Å². The highest BCUT2D eigenvalue weighted by molar-refractivity contribution is 7.18. The second-order valence-electron chi connectivity index (χ2n) is 4.46. The minimum Gasteiger partial charge on any atom is -0.391 e. The lowest BCUT2D eigenvalue weighted by Crippen LogP contribution is -2.39. The molecule has 0 atom stereocenters. The van der Waals surface area contributed by atoms with Gasteiger partial charge in [0.15, 0.2) is 0 Å². The van der Waals surface area contributed by atoms with Crippen LogP contribution in [-0.4, -0.2) is 28.0 Å². The van der Waals surface area contributed by atoms with Crippen LogP contribution < -0.4 is 11.2 Å². The fraction of sp³-hybridized carbons (Fsp3) is 0.538. The maximum absolute atomic E-state index is 12.4. The normalized spacial score (nSPS) is 11.4. The summed E-state index contributed by atoms with van der Waals surface area (Å²) < 4.78 is 7.80. The van der Waals surface area contributed by atoms with Gasteiger partial charge < -0.3 is 9.84 Å². The number of aliphatic hydroxyl groups is 1. The molecular formula is C13H18N2O4S. The topological polar surface area (TPSA) is 73.5 Å². The van der Waals surface area contributed by atoms with Crippen LogP contribution in [-0.2, 0) is 24.4 Å². The minimum atomic E-state index is -0.326. The van der Waals surface area contributed by atoms with Gasteiger partial charge in [0.2, 0.25) is 0 Å². The quantitative estimate of drug-likeness (QED) is 0.881. The molecule has 2 rings (SSSR count). The van der Waals surface area contributed by atoms with Crippen molar-refractivity contribution in [3.05, 3.63) is 31.3 Å². The van der Waals surface area contributed by atoms with Crippen molar-refractivity contribution in [1.82, 2.24) is 9.13 Å². The molecule has 7 heteroatoms. The zero-order valence-electron chi connectivity index (χ0n) is 11.8. The molecule has 0 amide bonds. The minimum absolute atomic E-state index is 0.130. The molecule has 20 heavy (non-hydrogen) atoms. The van der Waals surface area contributed by atoms with Crippen molar-refractivity contribution >= 4 is 21.6 Å². The summed E-state index contributed by atoms with van der Waals surface area (Å²) in [5, 5.41) is 9.89. The molecule has 0 saturated carbocycles. The number of ether oxygens (including phenoxy) is 1. The number of nitrogens with zero attached hydrogens (tertiary/aromatic N) is 2. The van der Waals surface area contributed by atoms with Crippen LogP contribution in [0, 0.1) is 6.92 Å². The highest BCUT2D eigenvalue weighted by atomic mass is 32.1. The number of hydrogen-bond donors (Lipinski definition) is 1. The number of fused-ring (bicyclic) bond motifs is 1. The lowest BCUT2D eigenvalue weighted by atomic mass is 10.2.